The largest absolute Gasteiger partial charge is 0.317 e. The second-order valence-electron chi connectivity index (χ2n) is 5.37. The van der Waals surface area contributed by atoms with Gasteiger partial charge < -0.3 is 5.32 Å². The minimum absolute atomic E-state index is 0.0371. The van der Waals surface area contributed by atoms with Gasteiger partial charge in [0.25, 0.3) is 10.0 Å². The van der Waals surface area contributed by atoms with Crippen LogP contribution in [0.1, 0.15) is 26.7 Å². The lowest BCUT2D eigenvalue weighted by molar-refractivity contribution is 0.232. The van der Waals surface area contributed by atoms with Crippen molar-refractivity contribution in [1.82, 2.24) is 19.8 Å². The maximum Gasteiger partial charge on any atom is 0.257 e. The van der Waals surface area contributed by atoms with Gasteiger partial charge in [0.2, 0.25) is 0 Å². The molecule has 19 heavy (non-hydrogen) atoms. The Hall–Kier alpha value is -0.920. The van der Waals surface area contributed by atoms with Gasteiger partial charge in [-0.2, -0.15) is 5.10 Å². The first-order valence-electron chi connectivity index (χ1n) is 6.69. The molecule has 1 aliphatic heterocycles. The summed E-state index contributed by atoms with van der Waals surface area (Å²) >= 11 is 0. The molecule has 0 aromatic carbocycles. The quantitative estimate of drug-likeness (QED) is 0.830. The molecule has 7 heteroatoms. The first-order chi connectivity index (χ1) is 8.97. The Morgan fingerprint density at radius 2 is 2.16 bits per heavy atom. The van der Waals surface area contributed by atoms with Crippen molar-refractivity contribution in [2.45, 2.75) is 38.3 Å². The normalized spacial score (nSPS) is 19.5. The van der Waals surface area contributed by atoms with Gasteiger partial charge in [-0.05, 0) is 44.3 Å². The number of piperidine rings is 1. The third-order valence-corrected chi connectivity index (χ3v) is 5.17. The number of sulfonamides is 1. The highest BCUT2D eigenvalue weighted by Crippen LogP contribution is 2.27. The average molecular weight is 286 g/mol. The maximum atomic E-state index is 12.3. The van der Waals surface area contributed by atoms with Gasteiger partial charge in [-0.3, -0.25) is 4.68 Å². The van der Waals surface area contributed by atoms with Crippen LogP contribution in [-0.4, -0.2) is 37.8 Å². The second kappa shape index (κ2) is 5.60. The summed E-state index contributed by atoms with van der Waals surface area (Å²) in [6.07, 6.45) is 3.50. The first kappa shape index (κ1) is 14.5. The summed E-state index contributed by atoms with van der Waals surface area (Å²) in [6, 6.07) is 1.54. The van der Waals surface area contributed by atoms with E-state index in [1.54, 1.807) is 0 Å². The fourth-order valence-corrected chi connectivity index (χ4v) is 3.72. The monoisotopic (exact) mass is 286 g/mol. The van der Waals surface area contributed by atoms with Crippen LogP contribution in [0.2, 0.25) is 0 Å². The van der Waals surface area contributed by atoms with Crippen molar-refractivity contribution in [3.8, 4) is 0 Å². The van der Waals surface area contributed by atoms with E-state index in [-0.39, 0.29) is 10.4 Å². The Morgan fingerprint density at radius 3 is 2.79 bits per heavy atom. The molecule has 0 unspecified atom stereocenters. The van der Waals surface area contributed by atoms with E-state index in [0.717, 1.165) is 25.9 Å². The van der Waals surface area contributed by atoms with Crippen molar-refractivity contribution in [3.05, 3.63) is 12.3 Å². The smallest absolute Gasteiger partial charge is 0.257 e. The molecular formula is C12H22N4O2S. The molecule has 0 amide bonds. The van der Waals surface area contributed by atoms with E-state index in [1.807, 2.05) is 6.92 Å². The van der Waals surface area contributed by atoms with Gasteiger partial charge >= 0.3 is 0 Å². The number of nitrogens with one attached hydrogen (secondary N) is 2. The van der Waals surface area contributed by atoms with E-state index in [1.165, 1.54) is 16.9 Å². The van der Waals surface area contributed by atoms with Crippen molar-refractivity contribution >= 4 is 10.0 Å². The standard InChI is InChI=1S/C12H22N4O2S/c1-3-16-11(4-7-14-16)19(17,18)15-10-12(2)5-8-13-9-6-12/h4,7,13,15H,3,5-6,8-10H2,1-2H3. The summed E-state index contributed by atoms with van der Waals surface area (Å²) in [4.78, 5) is 0. The highest BCUT2D eigenvalue weighted by molar-refractivity contribution is 7.89. The average Bonchev–Trinajstić information content (AvgIpc) is 2.87. The Labute approximate surface area is 114 Å². The lowest BCUT2D eigenvalue weighted by Crippen LogP contribution is -2.43. The third-order valence-electron chi connectivity index (χ3n) is 3.75. The molecule has 1 aromatic heterocycles. The Balaban J connectivity index is 2.05. The molecule has 2 heterocycles. The highest BCUT2D eigenvalue weighted by atomic mass is 32.2. The maximum absolute atomic E-state index is 12.3. The lowest BCUT2D eigenvalue weighted by Gasteiger charge is -2.34. The summed E-state index contributed by atoms with van der Waals surface area (Å²) in [5, 5.41) is 7.54. The van der Waals surface area contributed by atoms with E-state index in [2.05, 4.69) is 22.1 Å². The summed E-state index contributed by atoms with van der Waals surface area (Å²) in [5.74, 6) is 0. The van der Waals surface area contributed by atoms with E-state index in [4.69, 9.17) is 0 Å². The van der Waals surface area contributed by atoms with E-state index >= 15 is 0 Å². The van der Waals surface area contributed by atoms with Gasteiger partial charge in [-0.15, -0.1) is 0 Å². The molecule has 0 bridgehead atoms. The molecule has 1 aromatic rings. The minimum atomic E-state index is -3.47. The van der Waals surface area contributed by atoms with Gasteiger partial charge in [0.15, 0.2) is 5.03 Å². The van der Waals surface area contributed by atoms with Gasteiger partial charge in [-0.25, -0.2) is 13.1 Å². The van der Waals surface area contributed by atoms with Crippen molar-refractivity contribution in [2.75, 3.05) is 19.6 Å². The van der Waals surface area contributed by atoms with Crippen LogP contribution >= 0.6 is 0 Å². The zero-order valence-corrected chi connectivity index (χ0v) is 12.3. The molecule has 0 radical (unpaired) electrons. The van der Waals surface area contributed by atoms with Crippen LogP contribution in [0.25, 0.3) is 0 Å². The molecule has 0 atom stereocenters. The zero-order chi connectivity index (χ0) is 13.9. The summed E-state index contributed by atoms with van der Waals surface area (Å²) in [5.41, 5.74) is 0.0371. The number of aryl methyl sites for hydroxylation is 1. The SMILES string of the molecule is CCn1nccc1S(=O)(=O)NCC1(C)CCNCC1. The minimum Gasteiger partial charge on any atom is -0.317 e. The third kappa shape index (κ3) is 3.34. The molecule has 0 saturated carbocycles. The predicted molar refractivity (Wildman–Crippen MR) is 73.3 cm³/mol. The first-order valence-corrected chi connectivity index (χ1v) is 8.17. The van der Waals surface area contributed by atoms with Crippen LogP contribution in [0, 0.1) is 5.41 Å². The Bertz CT molecular complexity index is 518. The van der Waals surface area contributed by atoms with Crippen molar-refractivity contribution in [2.24, 2.45) is 5.41 Å². The number of hydrogen-bond donors (Lipinski definition) is 2. The molecule has 6 nitrogen and oxygen atoms in total. The van der Waals surface area contributed by atoms with Crippen LogP contribution in [0.3, 0.4) is 0 Å². The van der Waals surface area contributed by atoms with Crippen LogP contribution in [0.5, 0.6) is 0 Å². The van der Waals surface area contributed by atoms with Crippen LogP contribution in [0.4, 0.5) is 0 Å². The molecule has 1 aliphatic rings. The molecule has 2 rings (SSSR count). The summed E-state index contributed by atoms with van der Waals surface area (Å²) in [6.45, 7) is 6.93. The van der Waals surface area contributed by atoms with Gasteiger partial charge in [0, 0.05) is 13.1 Å². The predicted octanol–water partition coefficient (Wildman–Crippen LogP) is 0.571. The van der Waals surface area contributed by atoms with Crippen molar-refractivity contribution in [3.63, 3.8) is 0 Å². The number of nitrogens with zero attached hydrogens (tertiary/aromatic N) is 2. The second-order valence-corrected chi connectivity index (χ2v) is 7.08. The molecular weight excluding hydrogens is 264 g/mol. The topological polar surface area (TPSA) is 76.0 Å². The molecule has 1 saturated heterocycles. The van der Waals surface area contributed by atoms with Crippen LogP contribution < -0.4 is 10.0 Å². The fourth-order valence-electron chi connectivity index (χ4n) is 2.34. The molecule has 108 valence electrons. The van der Waals surface area contributed by atoms with Gasteiger partial charge in [-0.1, -0.05) is 6.92 Å². The number of rotatable bonds is 5. The van der Waals surface area contributed by atoms with E-state index < -0.39 is 10.0 Å². The van der Waals surface area contributed by atoms with E-state index in [0.29, 0.717) is 13.1 Å². The lowest BCUT2D eigenvalue weighted by atomic mass is 9.81. The van der Waals surface area contributed by atoms with Crippen LogP contribution in [0.15, 0.2) is 17.3 Å². The van der Waals surface area contributed by atoms with Crippen molar-refractivity contribution in [1.29, 1.82) is 0 Å². The highest BCUT2D eigenvalue weighted by Gasteiger charge is 2.29. The summed E-state index contributed by atoms with van der Waals surface area (Å²) in [7, 11) is -3.47. The number of aromatic nitrogens is 2. The van der Waals surface area contributed by atoms with Gasteiger partial charge in [0.1, 0.15) is 0 Å². The Morgan fingerprint density at radius 1 is 1.47 bits per heavy atom. The molecule has 2 N–H and O–H groups in total. The fraction of sp³-hybridized carbons (Fsp3) is 0.750. The number of hydrogen-bond acceptors (Lipinski definition) is 4. The molecule has 0 aliphatic carbocycles. The van der Waals surface area contributed by atoms with Crippen LogP contribution in [-0.2, 0) is 16.6 Å². The van der Waals surface area contributed by atoms with Gasteiger partial charge in [0.05, 0.1) is 6.20 Å². The van der Waals surface area contributed by atoms with Crippen molar-refractivity contribution < 1.29 is 8.42 Å². The molecule has 1 fully saturated rings. The Kier molecular flexibility index (Phi) is 4.27. The zero-order valence-electron chi connectivity index (χ0n) is 11.5. The van der Waals surface area contributed by atoms with E-state index in [9.17, 15) is 8.42 Å². The summed E-state index contributed by atoms with van der Waals surface area (Å²) < 4.78 is 28.8. The molecule has 0 spiro atoms.